The summed E-state index contributed by atoms with van der Waals surface area (Å²) in [6.45, 7) is 5.73. The summed E-state index contributed by atoms with van der Waals surface area (Å²) in [5, 5.41) is 0. The van der Waals surface area contributed by atoms with Crippen LogP contribution in [0.2, 0.25) is 0 Å². The van der Waals surface area contributed by atoms with Crippen LogP contribution in [0.3, 0.4) is 0 Å². The first-order valence-corrected chi connectivity index (χ1v) is 12.5. The molecule has 1 aliphatic carbocycles. The number of fused-ring (bicyclic) bond motifs is 5. The van der Waals surface area contributed by atoms with Crippen molar-refractivity contribution in [1.29, 1.82) is 0 Å². The van der Waals surface area contributed by atoms with Crippen LogP contribution in [-0.4, -0.2) is 42.9 Å². The minimum absolute atomic E-state index is 0.0234. The van der Waals surface area contributed by atoms with Crippen LogP contribution in [0, 0.1) is 13.8 Å². The zero-order chi connectivity index (χ0) is 23.9. The number of carbonyl (C=O) groups is 1. The van der Waals surface area contributed by atoms with Gasteiger partial charge in [0.2, 0.25) is 0 Å². The number of rotatable bonds is 4. The SMILES string of the molecule is Cc1cc(C)cc(CC2=CC3COCC(C2)N3C(=O)OCC2c3ccccc3-c3ccccc32)c1. The van der Waals surface area contributed by atoms with E-state index in [4.69, 9.17) is 9.47 Å². The van der Waals surface area contributed by atoms with Gasteiger partial charge in [0.25, 0.3) is 0 Å². The Hall–Kier alpha value is -3.37. The highest BCUT2D eigenvalue weighted by atomic mass is 16.6. The lowest BCUT2D eigenvalue weighted by molar-refractivity contribution is -0.0363. The van der Waals surface area contributed by atoms with Gasteiger partial charge in [0.05, 0.1) is 25.3 Å². The van der Waals surface area contributed by atoms with Crippen LogP contribution in [0.5, 0.6) is 0 Å². The number of hydrogen-bond donors (Lipinski definition) is 0. The van der Waals surface area contributed by atoms with E-state index >= 15 is 0 Å². The van der Waals surface area contributed by atoms with Gasteiger partial charge in [-0.15, -0.1) is 0 Å². The molecule has 0 N–H and O–H groups in total. The molecule has 0 spiro atoms. The molecule has 2 heterocycles. The molecular weight excluding hydrogens is 434 g/mol. The summed E-state index contributed by atoms with van der Waals surface area (Å²) in [6.07, 6.45) is 3.75. The van der Waals surface area contributed by atoms with Gasteiger partial charge in [0, 0.05) is 5.92 Å². The lowest BCUT2D eigenvalue weighted by Gasteiger charge is -2.44. The van der Waals surface area contributed by atoms with E-state index in [0.717, 1.165) is 12.8 Å². The van der Waals surface area contributed by atoms with Crippen LogP contribution in [0.1, 0.15) is 40.2 Å². The van der Waals surface area contributed by atoms with Crippen molar-refractivity contribution in [2.75, 3.05) is 19.8 Å². The third-order valence-electron chi connectivity index (χ3n) is 7.53. The van der Waals surface area contributed by atoms with E-state index in [-0.39, 0.29) is 24.1 Å². The number of hydrogen-bond acceptors (Lipinski definition) is 3. The van der Waals surface area contributed by atoms with Gasteiger partial charge < -0.3 is 9.47 Å². The average Bonchev–Trinajstić information content (AvgIpc) is 3.15. The summed E-state index contributed by atoms with van der Waals surface area (Å²) in [5.41, 5.74) is 10.3. The molecule has 2 aliphatic heterocycles. The summed E-state index contributed by atoms with van der Waals surface area (Å²) >= 11 is 0. The summed E-state index contributed by atoms with van der Waals surface area (Å²) in [4.78, 5) is 15.3. The Morgan fingerprint density at radius 1 is 0.943 bits per heavy atom. The highest BCUT2D eigenvalue weighted by Crippen LogP contribution is 2.44. The topological polar surface area (TPSA) is 38.8 Å². The summed E-state index contributed by atoms with van der Waals surface area (Å²) < 4.78 is 11.8. The van der Waals surface area contributed by atoms with E-state index < -0.39 is 0 Å². The molecule has 35 heavy (non-hydrogen) atoms. The zero-order valence-corrected chi connectivity index (χ0v) is 20.4. The number of morpholine rings is 1. The summed E-state index contributed by atoms with van der Waals surface area (Å²) in [7, 11) is 0. The van der Waals surface area contributed by atoms with Gasteiger partial charge in [-0.2, -0.15) is 0 Å². The molecule has 3 aromatic carbocycles. The van der Waals surface area contributed by atoms with Crippen LogP contribution in [-0.2, 0) is 15.9 Å². The number of amides is 1. The van der Waals surface area contributed by atoms with Crippen molar-refractivity contribution in [2.24, 2.45) is 0 Å². The Kier molecular flexibility index (Phi) is 5.69. The van der Waals surface area contributed by atoms with Crippen molar-refractivity contribution < 1.29 is 14.3 Å². The third-order valence-corrected chi connectivity index (χ3v) is 7.53. The average molecular weight is 466 g/mol. The Labute approximate surface area is 207 Å². The minimum atomic E-state index is -0.230. The molecule has 3 aliphatic rings. The van der Waals surface area contributed by atoms with Crippen molar-refractivity contribution >= 4 is 6.09 Å². The summed E-state index contributed by atoms with van der Waals surface area (Å²) in [6, 6.07) is 23.6. The molecule has 2 unspecified atom stereocenters. The second-order valence-electron chi connectivity index (χ2n) is 10.2. The maximum Gasteiger partial charge on any atom is 0.410 e. The van der Waals surface area contributed by atoms with Crippen LogP contribution in [0.4, 0.5) is 4.79 Å². The van der Waals surface area contributed by atoms with Gasteiger partial charge in [0.15, 0.2) is 0 Å². The van der Waals surface area contributed by atoms with Crippen LogP contribution < -0.4 is 0 Å². The fourth-order valence-corrected chi connectivity index (χ4v) is 6.20. The molecule has 6 rings (SSSR count). The molecule has 2 atom stereocenters. The van der Waals surface area contributed by atoms with Crippen LogP contribution in [0.15, 0.2) is 78.4 Å². The molecule has 0 aromatic heterocycles. The van der Waals surface area contributed by atoms with Gasteiger partial charge >= 0.3 is 6.09 Å². The molecular formula is C31H31NO3. The molecule has 3 aromatic rings. The van der Waals surface area contributed by atoms with Gasteiger partial charge in [0.1, 0.15) is 6.61 Å². The first kappa shape index (κ1) is 22.1. The number of ether oxygens (including phenoxy) is 2. The lowest BCUT2D eigenvalue weighted by atomic mass is 9.90. The predicted octanol–water partition coefficient (Wildman–Crippen LogP) is 6.19. The van der Waals surface area contributed by atoms with Crippen molar-refractivity contribution in [1.82, 2.24) is 4.90 Å². The first-order chi connectivity index (χ1) is 17.1. The minimum Gasteiger partial charge on any atom is -0.448 e. The van der Waals surface area contributed by atoms with Gasteiger partial charge in [-0.25, -0.2) is 4.79 Å². The second-order valence-corrected chi connectivity index (χ2v) is 10.2. The smallest absolute Gasteiger partial charge is 0.410 e. The Morgan fingerprint density at radius 3 is 2.26 bits per heavy atom. The van der Waals surface area contributed by atoms with Crippen molar-refractivity contribution in [2.45, 2.75) is 44.7 Å². The normalized spacial score (nSPS) is 20.7. The predicted molar refractivity (Wildman–Crippen MR) is 138 cm³/mol. The van der Waals surface area contributed by atoms with E-state index in [0.29, 0.717) is 19.8 Å². The Balaban J connectivity index is 1.18. The largest absolute Gasteiger partial charge is 0.448 e. The molecule has 0 saturated carbocycles. The number of aryl methyl sites for hydroxylation is 2. The van der Waals surface area contributed by atoms with Gasteiger partial charge in [-0.3, -0.25) is 4.90 Å². The fourth-order valence-electron chi connectivity index (χ4n) is 6.20. The first-order valence-electron chi connectivity index (χ1n) is 12.5. The molecule has 1 amide bonds. The number of carbonyl (C=O) groups excluding carboxylic acids is 1. The van der Waals surface area contributed by atoms with Crippen molar-refractivity contribution in [3.8, 4) is 11.1 Å². The van der Waals surface area contributed by atoms with E-state index in [1.54, 1.807) is 0 Å². The molecule has 4 nitrogen and oxygen atoms in total. The molecule has 178 valence electrons. The highest BCUT2D eigenvalue weighted by molar-refractivity contribution is 5.79. The van der Waals surface area contributed by atoms with Gasteiger partial charge in [-0.1, -0.05) is 89.5 Å². The lowest BCUT2D eigenvalue weighted by Crippen LogP contribution is -2.56. The maximum absolute atomic E-state index is 13.4. The molecule has 1 fully saturated rings. The van der Waals surface area contributed by atoms with Gasteiger partial charge in [-0.05, 0) is 54.5 Å². The van der Waals surface area contributed by atoms with Crippen LogP contribution >= 0.6 is 0 Å². The molecule has 4 heteroatoms. The van der Waals surface area contributed by atoms with E-state index in [2.05, 4.69) is 86.7 Å². The summed E-state index contributed by atoms with van der Waals surface area (Å²) in [5.74, 6) is 0.0721. The number of nitrogens with zero attached hydrogens (tertiary/aromatic N) is 1. The van der Waals surface area contributed by atoms with Crippen LogP contribution in [0.25, 0.3) is 11.1 Å². The monoisotopic (exact) mass is 465 g/mol. The second kappa shape index (κ2) is 9.01. The van der Waals surface area contributed by atoms with Crippen molar-refractivity contribution in [3.05, 3.63) is 106 Å². The van der Waals surface area contributed by atoms with Crippen molar-refractivity contribution in [3.63, 3.8) is 0 Å². The molecule has 0 radical (unpaired) electrons. The van der Waals surface area contributed by atoms with E-state index in [1.165, 1.54) is 44.5 Å². The Morgan fingerprint density at radius 2 is 1.60 bits per heavy atom. The van der Waals surface area contributed by atoms with E-state index in [1.807, 2.05) is 4.90 Å². The standard InChI is InChI=1S/C31H31NO3/c1-20-11-21(2)13-22(12-20)14-23-15-24-17-34-18-25(16-23)32(24)31(33)35-19-30-28-9-5-3-7-26(28)27-8-4-6-10-29(27)30/h3-13,15,24-25,30H,14,16-19H2,1-2H3. The maximum atomic E-state index is 13.4. The molecule has 2 bridgehead atoms. The highest BCUT2D eigenvalue weighted by Gasteiger charge is 2.39. The number of benzene rings is 3. The Bertz CT molecular complexity index is 1240. The van der Waals surface area contributed by atoms with E-state index in [9.17, 15) is 4.79 Å². The quantitative estimate of drug-likeness (QED) is 0.431. The zero-order valence-electron chi connectivity index (χ0n) is 20.4. The fraction of sp³-hybridized carbons (Fsp3) is 0.323. The molecule has 1 saturated heterocycles. The third kappa shape index (κ3) is 4.17.